The van der Waals surface area contributed by atoms with Crippen molar-refractivity contribution in [3.63, 3.8) is 0 Å². The van der Waals surface area contributed by atoms with Crippen LogP contribution < -0.4 is 5.73 Å². The highest BCUT2D eigenvalue weighted by molar-refractivity contribution is 5.95. The van der Waals surface area contributed by atoms with E-state index in [0.29, 0.717) is 5.69 Å². The number of nitrogens with two attached hydrogens (primary N) is 1. The van der Waals surface area contributed by atoms with Gasteiger partial charge in [0.25, 0.3) is 0 Å². The highest BCUT2D eigenvalue weighted by Gasteiger charge is 2.09. The van der Waals surface area contributed by atoms with Crippen LogP contribution in [0.15, 0.2) is 48.8 Å². The average molecular weight is 237 g/mol. The predicted octanol–water partition coefficient (Wildman–Crippen LogP) is 3.31. The SMILES string of the molecule is CCn1cc(-c2ccc(N)cn2)c2ccccc21. The van der Waals surface area contributed by atoms with Gasteiger partial charge in [-0.3, -0.25) is 4.98 Å². The summed E-state index contributed by atoms with van der Waals surface area (Å²) >= 11 is 0. The number of anilines is 1. The van der Waals surface area contributed by atoms with E-state index in [-0.39, 0.29) is 0 Å². The maximum Gasteiger partial charge on any atom is 0.0725 e. The summed E-state index contributed by atoms with van der Waals surface area (Å²) in [5, 5.41) is 1.23. The van der Waals surface area contributed by atoms with Crippen LogP contribution >= 0.6 is 0 Å². The standard InChI is InChI=1S/C15H15N3/c1-2-18-10-13(12-5-3-4-6-15(12)18)14-8-7-11(16)9-17-14/h3-10H,2,16H2,1H3. The van der Waals surface area contributed by atoms with E-state index in [1.807, 2.05) is 12.1 Å². The lowest BCUT2D eigenvalue weighted by Gasteiger charge is -1.98. The van der Waals surface area contributed by atoms with Gasteiger partial charge >= 0.3 is 0 Å². The molecule has 0 fully saturated rings. The van der Waals surface area contributed by atoms with Gasteiger partial charge in [0.15, 0.2) is 0 Å². The number of aromatic nitrogens is 2. The van der Waals surface area contributed by atoms with Crippen molar-refractivity contribution in [3.05, 3.63) is 48.8 Å². The molecular weight excluding hydrogens is 222 g/mol. The van der Waals surface area contributed by atoms with E-state index in [9.17, 15) is 0 Å². The van der Waals surface area contributed by atoms with Crippen molar-refractivity contribution < 1.29 is 0 Å². The molecule has 2 N–H and O–H groups in total. The van der Waals surface area contributed by atoms with Crippen molar-refractivity contribution in [2.24, 2.45) is 0 Å². The van der Waals surface area contributed by atoms with Gasteiger partial charge in [0, 0.05) is 29.2 Å². The van der Waals surface area contributed by atoms with Crippen molar-refractivity contribution in [2.45, 2.75) is 13.5 Å². The molecule has 0 spiro atoms. The third-order valence-corrected chi connectivity index (χ3v) is 3.19. The number of rotatable bonds is 2. The first-order valence-corrected chi connectivity index (χ1v) is 6.09. The number of fused-ring (bicyclic) bond motifs is 1. The number of aryl methyl sites for hydroxylation is 1. The van der Waals surface area contributed by atoms with Gasteiger partial charge in [-0.2, -0.15) is 0 Å². The zero-order valence-electron chi connectivity index (χ0n) is 10.3. The Morgan fingerprint density at radius 3 is 2.72 bits per heavy atom. The van der Waals surface area contributed by atoms with Gasteiger partial charge in [0.1, 0.15) is 0 Å². The van der Waals surface area contributed by atoms with Crippen LogP contribution in [0.3, 0.4) is 0 Å². The quantitative estimate of drug-likeness (QED) is 0.743. The van der Waals surface area contributed by atoms with Crippen LogP contribution in [0.5, 0.6) is 0 Å². The van der Waals surface area contributed by atoms with Gasteiger partial charge in [-0.15, -0.1) is 0 Å². The first-order valence-electron chi connectivity index (χ1n) is 6.09. The van der Waals surface area contributed by atoms with Gasteiger partial charge in [-0.25, -0.2) is 0 Å². The maximum absolute atomic E-state index is 5.68. The minimum Gasteiger partial charge on any atom is -0.397 e. The summed E-state index contributed by atoms with van der Waals surface area (Å²) in [6.07, 6.45) is 3.86. The van der Waals surface area contributed by atoms with E-state index in [4.69, 9.17) is 5.73 Å². The summed E-state index contributed by atoms with van der Waals surface area (Å²) in [7, 11) is 0. The molecule has 0 unspecified atom stereocenters. The fraction of sp³-hybridized carbons (Fsp3) is 0.133. The highest BCUT2D eigenvalue weighted by Crippen LogP contribution is 2.29. The molecule has 3 nitrogen and oxygen atoms in total. The highest BCUT2D eigenvalue weighted by atomic mass is 14.9. The van der Waals surface area contributed by atoms with Gasteiger partial charge in [0.05, 0.1) is 17.6 Å². The van der Waals surface area contributed by atoms with E-state index in [1.54, 1.807) is 6.20 Å². The molecule has 0 aliphatic carbocycles. The van der Waals surface area contributed by atoms with Gasteiger partial charge in [0.2, 0.25) is 0 Å². The molecule has 90 valence electrons. The summed E-state index contributed by atoms with van der Waals surface area (Å²) in [6, 6.07) is 12.3. The van der Waals surface area contributed by atoms with Crippen LogP contribution in [0.4, 0.5) is 5.69 Å². The van der Waals surface area contributed by atoms with Crippen LogP contribution in [0.1, 0.15) is 6.92 Å². The number of nitrogen functional groups attached to an aromatic ring is 1. The van der Waals surface area contributed by atoms with Crippen LogP contribution in [0.2, 0.25) is 0 Å². The second-order valence-electron chi connectivity index (χ2n) is 4.32. The molecule has 0 aliphatic heterocycles. The maximum atomic E-state index is 5.68. The van der Waals surface area contributed by atoms with E-state index in [2.05, 4.69) is 46.9 Å². The molecule has 0 saturated carbocycles. The average Bonchev–Trinajstić information content (AvgIpc) is 2.79. The number of hydrogen-bond donors (Lipinski definition) is 1. The minimum atomic E-state index is 0.693. The molecule has 0 saturated heterocycles. The van der Waals surface area contributed by atoms with Gasteiger partial charge in [-0.05, 0) is 25.1 Å². The Bertz CT molecular complexity index is 681. The molecule has 0 aliphatic rings. The van der Waals surface area contributed by atoms with Crippen molar-refractivity contribution in [1.29, 1.82) is 0 Å². The third-order valence-electron chi connectivity index (χ3n) is 3.19. The molecule has 2 aromatic heterocycles. The summed E-state index contributed by atoms with van der Waals surface area (Å²) < 4.78 is 2.24. The lowest BCUT2D eigenvalue weighted by Crippen LogP contribution is -1.90. The first-order chi connectivity index (χ1) is 8.79. The number of para-hydroxylation sites is 1. The molecule has 18 heavy (non-hydrogen) atoms. The molecule has 3 aromatic rings. The topological polar surface area (TPSA) is 43.8 Å². The summed E-state index contributed by atoms with van der Waals surface area (Å²) in [6.45, 7) is 3.10. The van der Waals surface area contributed by atoms with E-state index in [1.165, 1.54) is 10.9 Å². The molecule has 3 rings (SSSR count). The Labute approximate surface area is 106 Å². The molecule has 0 bridgehead atoms. The Hall–Kier alpha value is -2.29. The third kappa shape index (κ3) is 1.64. The zero-order valence-corrected chi connectivity index (χ0v) is 10.3. The van der Waals surface area contributed by atoms with E-state index >= 15 is 0 Å². The van der Waals surface area contributed by atoms with Gasteiger partial charge in [-0.1, -0.05) is 18.2 Å². The minimum absolute atomic E-state index is 0.693. The molecule has 0 radical (unpaired) electrons. The Balaban J connectivity index is 2.26. The van der Waals surface area contributed by atoms with Gasteiger partial charge < -0.3 is 10.3 Å². The molecule has 0 amide bonds. The second-order valence-corrected chi connectivity index (χ2v) is 4.32. The van der Waals surface area contributed by atoms with Crippen LogP contribution in [-0.2, 0) is 6.54 Å². The molecule has 3 heteroatoms. The van der Waals surface area contributed by atoms with Crippen molar-refractivity contribution in [3.8, 4) is 11.3 Å². The summed E-state index contributed by atoms with van der Waals surface area (Å²) in [4.78, 5) is 4.41. The fourth-order valence-corrected chi connectivity index (χ4v) is 2.28. The summed E-state index contributed by atoms with van der Waals surface area (Å²) in [5.74, 6) is 0. The zero-order chi connectivity index (χ0) is 12.5. The number of nitrogens with zero attached hydrogens (tertiary/aromatic N) is 2. The van der Waals surface area contributed by atoms with E-state index < -0.39 is 0 Å². The van der Waals surface area contributed by atoms with Crippen molar-refractivity contribution in [1.82, 2.24) is 9.55 Å². The fourth-order valence-electron chi connectivity index (χ4n) is 2.28. The lowest BCUT2D eigenvalue weighted by molar-refractivity contribution is 0.798. The van der Waals surface area contributed by atoms with Crippen LogP contribution in [0, 0.1) is 0 Å². The molecular formula is C15H15N3. The molecule has 2 heterocycles. The predicted molar refractivity (Wildman–Crippen MR) is 75.3 cm³/mol. The summed E-state index contributed by atoms with van der Waals surface area (Å²) in [5.41, 5.74) is 9.74. The van der Waals surface area contributed by atoms with Crippen LogP contribution in [0.25, 0.3) is 22.2 Å². The Morgan fingerprint density at radius 1 is 1.17 bits per heavy atom. The number of pyridine rings is 1. The second kappa shape index (κ2) is 4.18. The Morgan fingerprint density at radius 2 is 2.00 bits per heavy atom. The normalized spacial score (nSPS) is 10.9. The molecule has 1 aromatic carbocycles. The van der Waals surface area contributed by atoms with Crippen molar-refractivity contribution >= 4 is 16.6 Å². The van der Waals surface area contributed by atoms with Crippen LogP contribution in [-0.4, -0.2) is 9.55 Å². The number of benzene rings is 1. The lowest BCUT2D eigenvalue weighted by atomic mass is 10.1. The number of hydrogen-bond acceptors (Lipinski definition) is 2. The smallest absolute Gasteiger partial charge is 0.0725 e. The first kappa shape index (κ1) is 10.8. The monoisotopic (exact) mass is 237 g/mol. The van der Waals surface area contributed by atoms with Crippen molar-refractivity contribution in [2.75, 3.05) is 5.73 Å². The Kier molecular flexibility index (Phi) is 2.52. The molecule has 0 atom stereocenters. The largest absolute Gasteiger partial charge is 0.397 e. The van der Waals surface area contributed by atoms with E-state index in [0.717, 1.165) is 17.8 Å².